The first-order valence-corrected chi connectivity index (χ1v) is 6.71. The zero-order valence-electron chi connectivity index (χ0n) is 10.1. The van der Waals surface area contributed by atoms with Crippen LogP contribution in [0.2, 0.25) is 0 Å². The summed E-state index contributed by atoms with van der Waals surface area (Å²) in [6.07, 6.45) is 2.08. The molecule has 0 aliphatic heterocycles. The quantitative estimate of drug-likeness (QED) is 0.892. The molecule has 0 aromatic heterocycles. The van der Waals surface area contributed by atoms with Gasteiger partial charge in [-0.25, -0.2) is 4.39 Å². The molecule has 0 bridgehead atoms. The lowest BCUT2D eigenvalue weighted by Gasteiger charge is -2.41. The smallest absolute Gasteiger partial charge is 0.305 e. The van der Waals surface area contributed by atoms with Gasteiger partial charge in [-0.2, -0.15) is 0 Å². The molecule has 0 atom stereocenters. The first-order valence-electron chi connectivity index (χ1n) is 5.91. The highest BCUT2D eigenvalue weighted by Gasteiger charge is 2.40. The van der Waals surface area contributed by atoms with Crippen LogP contribution in [-0.4, -0.2) is 22.5 Å². The van der Waals surface area contributed by atoms with Gasteiger partial charge in [0, 0.05) is 5.56 Å². The molecule has 19 heavy (non-hydrogen) atoms. The number of nitrogens with one attached hydrogen (secondary N) is 1. The van der Waals surface area contributed by atoms with Crippen LogP contribution in [0.25, 0.3) is 0 Å². The van der Waals surface area contributed by atoms with E-state index in [9.17, 15) is 14.0 Å². The van der Waals surface area contributed by atoms with Crippen LogP contribution < -0.4 is 5.32 Å². The lowest BCUT2D eigenvalue weighted by atomic mass is 9.74. The second-order valence-corrected chi connectivity index (χ2v) is 5.64. The molecule has 1 aliphatic rings. The molecular weight excluding hydrogens is 317 g/mol. The third-order valence-corrected chi connectivity index (χ3v) is 4.00. The molecule has 0 unspecified atom stereocenters. The topological polar surface area (TPSA) is 66.4 Å². The maximum Gasteiger partial charge on any atom is 0.305 e. The average Bonchev–Trinajstić information content (AvgIpc) is 2.29. The van der Waals surface area contributed by atoms with Crippen LogP contribution in [0.4, 0.5) is 4.39 Å². The summed E-state index contributed by atoms with van der Waals surface area (Å²) in [5, 5.41) is 11.6. The van der Waals surface area contributed by atoms with Crippen molar-refractivity contribution in [3.63, 3.8) is 0 Å². The fraction of sp³-hybridized carbons (Fsp3) is 0.385. The molecule has 2 rings (SSSR count). The Bertz CT molecular complexity index is 529. The number of hydrogen-bond acceptors (Lipinski definition) is 2. The highest BCUT2D eigenvalue weighted by atomic mass is 79.9. The molecule has 1 saturated carbocycles. The standard InChI is InChI=1S/C13H13BrFNO3/c14-9-3-2-8(6-10(9)15)12(19)16-13(4-1-5-13)7-11(17)18/h2-3,6H,1,4-5,7H2,(H,16,19)(H,17,18). The molecule has 2 N–H and O–H groups in total. The molecule has 0 radical (unpaired) electrons. The lowest BCUT2D eigenvalue weighted by Crippen LogP contribution is -2.54. The Morgan fingerprint density at radius 3 is 2.58 bits per heavy atom. The number of hydrogen-bond donors (Lipinski definition) is 2. The van der Waals surface area contributed by atoms with Crippen LogP contribution in [-0.2, 0) is 4.79 Å². The van der Waals surface area contributed by atoms with Gasteiger partial charge in [0.15, 0.2) is 0 Å². The monoisotopic (exact) mass is 329 g/mol. The fourth-order valence-electron chi connectivity index (χ4n) is 2.19. The van der Waals surface area contributed by atoms with Gasteiger partial charge >= 0.3 is 5.97 Å². The van der Waals surface area contributed by atoms with E-state index in [1.807, 2.05) is 0 Å². The molecule has 102 valence electrons. The van der Waals surface area contributed by atoms with Crippen LogP contribution in [0.3, 0.4) is 0 Å². The van der Waals surface area contributed by atoms with Crippen molar-refractivity contribution >= 4 is 27.8 Å². The Morgan fingerprint density at radius 2 is 2.11 bits per heavy atom. The minimum Gasteiger partial charge on any atom is -0.481 e. The van der Waals surface area contributed by atoms with Crippen LogP contribution in [0.1, 0.15) is 36.0 Å². The molecule has 6 heteroatoms. The highest BCUT2D eigenvalue weighted by Crippen LogP contribution is 2.35. The van der Waals surface area contributed by atoms with Crippen molar-refractivity contribution < 1.29 is 19.1 Å². The van der Waals surface area contributed by atoms with Crippen molar-refractivity contribution in [1.82, 2.24) is 5.32 Å². The van der Waals surface area contributed by atoms with E-state index < -0.39 is 23.2 Å². The molecule has 1 amide bonds. The summed E-state index contributed by atoms with van der Waals surface area (Å²) >= 11 is 3.01. The van der Waals surface area contributed by atoms with Gasteiger partial charge in [0.1, 0.15) is 5.82 Å². The highest BCUT2D eigenvalue weighted by molar-refractivity contribution is 9.10. The predicted octanol–water partition coefficient (Wildman–Crippen LogP) is 2.72. The summed E-state index contributed by atoms with van der Waals surface area (Å²) < 4.78 is 13.6. The third kappa shape index (κ3) is 3.12. The number of amides is 1. The molecule has 4 nitrogen and oxygen atoms in total. The minimum atomic E-state index is -0.943. The van der Waals surface area contributed by atoms with E-state index in [4.69, 9.17) is 5.11 Å². The maximum atomic E-state index is 13.4. The summed E-state index contributed by atoms with van der Waals surface area (Å²) in [6, 6.07) is 4.08. The van der Waals surface area contributed by atoms with Gasteiger partial charge in [0.2, 0.25) is 0 Å². The molecular formula is C13H13BrFNO3. The van der Waals surface area contributed by atoms with Gasteiger partial charge in [-0.05, 0) is 53.4 Å². The molecule has 0 saturated heterocycles. The fourth-order valence-corrected chi connectivity index (χ4v) is 2.44. The van der Waals surface area contributed by atoms with E-state index in [1.54, 1.807) is 0 Å². The summed E-state index contributed by atoms with van der Waals surface area (Å²) in [5.41, 5.74) is -0.482. The summed E-state index contributed by atoms with van der Waals surface area (Å²) in [4.78, 5) is 22.8. The Balaban J connectivity index is 2.11. The Labute approximate surface area is 118 Å². The first kappa shape index (κ1) is 14.0. The Morgan fingerprint density at radius 1 is 1.42 bits per heavy atom. The van der Waals surface area contributed by atoms with E-state index in [-0.39, 0.29) is 16.5 Å². The summed E-state index contributed by atoms with van der Waals surface area (Å²) in [6.45, 7) is 0. The Kier molecular flexibility index (Phi) is 3.89. The van der Waals surface area contributed by atoms with E-state index in [1.165, 1.54) is 12.1 Å². The van der Waals surface area contributed by atoms with Crippen LogP contribution in [0.15, 0.2) is 22.7 Å². The molecule has 1 aromatic carbocycles. The zero-order valence-corrected chi connectivity index (χ0v) is 11.7. The van der Waals surface area contributed by atoms with Gasteiger partial charge in [0.05, 0.1) is 16.4 Å². The van der Waals surface area contributed by atoms with Crippen molar-refractivity contribution in [2.24, 2.45) is 0 Å². The van der Waals surface area contributed by atoms with E-state index in [0.29, 0.717) is 12.8 Å². The third-order valence-electron chi connectivity index (χ3n) is 3.36. The second-order valence-electron chi connectivity index (χ2n) is 4.79. The normalized spacial score (nSPS) is 16.5. The molecule has 1 aromatic rings. The first-order chi connectivity index (χ1) is 8.92. The Hall–Kier alpha value is -1.43. The number of benzene rings is 1. The van der Waals surface area contributed by atoms with E-state index in [0.717, 1.165) is 12.5 Å². The zero-order chi connectivity index (χ0) is 14.0. The maximum absolute atomic E-state index is 13.4. The van der Waals surface area contributed by atoms with Crippen LogP contribution in [0.5, 0.6) is 0 Å². The average molecular weight is 330 g/mol. The second kappa shape index (κ2) is 5.28. The summed E-state index contributed by atoms with van der Waals surface area (Å²) in [7, 11) is 0. The van der Waals surface area contributed by atoms with Crippen molar-refractivity contribution in [3.8, 4) is 0 Å². The van der Waals surface area contributed by atoms with Crippen molar-refractivity contribution in [2.75, 3.05) is 0 Å². The van der Waals surface area contributed by atoms with Crippen molar-refractivity contribution in [1.29, 1.82) is 0 Å². The van der Waals surface area contributed by atoms with Gasteiger partial charge in [-0.3, -0.25) is 9.59 Å². The number of carbonyl (C=O) groups is 2. The van der Waals surface area contributed by atoms with Gasteiger partial charge < -0.3 is 10.4 Å². The largest absolute Gasteiger partial charge is 0.481 e. The van der Waals surface area contributed by atoms with Crippen LogP contribution in [0, 0.1) is 5.82 Å². The van der Waals surface area contributed by atoms with Gasteiger partial charge in [-0.1, -0.05) is 0 Å². The van der Waals surface area contributed by atoms with E-state index in [2.05, 4.69) is 21.2 Å². The number of carboxylic acids is 1. The minimum absolute atomic E-state index is 0.0995. The van der Waals surface area contributed by atoms with Gasteiger partial charge in [-0.15, -0.1) is 0 Å². The number of aliphatic carboxylic acids is 1. The van der Waals surface area contributed by atoms with Crippen molar-refractivity contribution in [2.45, 2.75) is 31.2 Å². The number of rotatable bonds is 4. The molecule has 1 fully saturated rings. The molecule has 0 spiro atoms. The van der Waals surface area contributed by atoms with Crippen LogP contribution >= 0.6 is 15.9 Å². The SMILES string of the molecule is O=C(O)CC1(NC(=O)c2ccc(Br)c(F)c2)CCC1. The number of halogens is 2. The molecule has 1 aliphatic carbocycles. The number of carbonyl (C=O) groups excluding carboxylic acids is 1. The van der Waals surface area contributed by atoms with E-state index >= 15 is 0 Å². The molecule has 0 heterocycles. The van der Waals surface area contributed by atoms with Gasteiger partial charge in [0.25, 0.3) is 5.91 Å². The predicted molar refractivity (Wildman–Crippen MR) is 70.4 cm³/mol. The number of carboxylic acid groups (broad SMARTS) is 1. The van der Waals surface area contributed by atoms with Crippen molar-refractivity contribution in [3.05, 3.63) is 34.1 Å². The summed E-state index contributed by atoms with van der Waals surface area (Å²) in [5.74, 6) is -1.90. The lowest BCUT2D eigenvalue weighted by molar-refractivity contribution is -0.139.